The summed E-state index contributed by atoms with van der Waals surface area (Å²) < 4.78 is 39.8. The van der Waals surface area contributed by atoms with Crippen LogP contribution in [0.4, 0.5) is 18.0 Å². The Labute approximate surface area is 155 Å². The Morgan fingerprint density at radius 1 is 1.00 bits per heavy atom. The highest BCUT2D eigenvalue weighted by atomic mass is 19.4. The van der Waals surface area contributed by atoms with Gasteiger partial charge in [-0.15, -0.1) is 0 Å². The topological polar surface area (TPSA) is 61.4 Å². The van der Waals surface area contributed by atoms with Crippen molar-refractivity contribution in [1.82, 2.24) is 10.6 Å². The SMILES string of the molecule is O=C(O)NC(CNC1(C(F)(F)F)CC1)C(c1ccccc1)c1ccccc1. The van der Waals surface area contributed by atoms with E-state index >= 15 is 0 Å². The van der Waals surface area contributed by atoms with Crippen LogP contribution in [0, 0.1) is 0 Å². The van der Waals surface area contributed by atoms with Crippen molar-refractivity contribution < 1.29 is 23.1 Å². The molecule has 1 amide bonds. The van der Waals surface area contributed by atoms with Gasteiger partial charge in [0.15, 0.2) is 0 Å². The summed E-state index contributed by atoms with van der Waals surface area (Å²) in [5.74, 6) is -0.417. The van der Waals surface area contributed by atoms with Gasteiger partial charge in [-0.2, -0.15) is 13.2 Å². The van der Waals surface area contributed by atoms with Crippen LogP contribution in [-0.2, 0) is 0 Å². The summed E-state index contributed by atoms with van der Waals surface area (Å²) in [5, 5.41) is 14.3. The predicted octanol–water partition coefficient (Wildman–Crippen LogP) is 4.14. The van der Waals surface area contributed by atoms with Crippen LogP contribution in [0.2, 0.25) is 0 Å². The van der Waals surface area contributed by atoms with Gasteiger partial charge in [0.05, 0.1) is 6.04 Å². The Morgan fingerprint density at radius 3 is 1.85 bits per heavy atom. The lowest BCUT2D eigenvalue weighted by Gasteiger charge is -2.31. The highest BCUT2D eigenvalue weighted by Gasteiger charge is 2.63. The Hall–Kier alpha value is -2.54. The average Bonchev–Trinajstić information content (AvgIpc) is 3.42. The average molecular weight is 378 g/mol. The number of carbonyl (C=O) groups is 1. The quantitative estimate of drug-likeness (QED) is 0.679. The van der Waals surface area contributed by atoms with Gasteiger partial charge >= 0.3 is 12.3 Å². The number of hydrogen-bond acceptors (Lipinski definition) is 2. The molecule has 144 valence electrons. The first kappa shape index (κ1) is 19.2. The zero-order valence-corrected chi connectivity index (χ0v) is 14.5. The van der Waals surface area contributed by atoms with Crippen molar-refractivity contribution >= 4 is 6.09 Å². The van der Waals surface area contributed by atoms with Gasteiger partial charge in [-0.05, 0) is 24.0 Å². The second-order valence-electron chi connectivity index (χ2n) is 6.82. The Kier molecular flexibility index (Phi) is 5.41. The third kappa shape index (κ3) is 4.42. The molecule has 0 aromatic heterocycles. The molecule has 1 aliphatic rings. The first-order valence-electron chi connectivity index (χ1n) is 8.73. The number of carboxylic acid groups (broad SMARTS) is 1. The molecule has 2 aromatic carbocycles. The van der Waals surface area contributed by atoms with E-state index in [0.29, 0.717) is 0 Å². The number of nitrogens with one attached hydrogen (secondary N) is 2. The van der Waals surface area contributed by atoms with Crippen molar-refractivity contribution in [1.29, 1.82) is 0 Å². The van der Waals surface area contributed by atoms with Gasteiger partial charge in [-0.25, -0.2) is 4.79 Å². The van der Waals surface area contributed by atoms with Gasteiger partial charge < -0.3 is 15.7 Å². The van der Waals surface area contributed by atoms with Gasteiger partial charge in [0.25, 0.3) is 0 Å². The summed E-state index contributed by atoms with van der Waals surface area (Å²) in [6, 6.07) is 17.6. The highest BCUT2D eigenvalue weighted by Crippen LogP contribution is 2.49. The summed E-state index contributed by atoms with van der Waals surface area (Å²) in [6.45, 7) is -0.125. The first-order valence-corrected chi connectivity index (χ1v) is 8.73. The molecular weight excluding hydrogens is 357 g/mol. The molecule has 0 bridgehead atoms. The van der Waals surface area contributed by atoms with Gasteiger partial charge in [0.2, 0.25) is 0 Å². The summed E-state index contributed by atoms with van der Waals surface area (Å²) in [4.78, 5) is 11.4. The summed E-state index contributed by atoms with van der Waals surface area (Å²) >= 11 is 0. The maximum absolute atomic E-state index is 13.3. The van der Waals surface area contributed by atoms with E-state index in [2.05, 4.69) is 10.6 Å². The lowest BCUT2D eigenvalue weighted by molar-refractivity contribution is -0.166. The number of alkyl halides is 3. The molecule has 1 unspecified atom stereocenters. The van der Waals surface area contributed by atoms with E-state index in [1.54, 1.807) is 0 Å². The summed E-state index contributed by atoms with van der Waals surface area (Å²) in [7, 11) is 0. The predicted molar refractivity (Wildman–Crippen MR) is 95.7 cm³/mol. The minimum Gasteiger partial charge on any atom is -0.465 e. The van der Waals surface area contributed by atoms with Crippen LogP contribution in [0.5, 0.6) is 0 Å². The van der Waals surface area contributed by atoms with Gasteiger partial charge in [0, 0.05) is 12.5 Å². The Morgan fingerprint density at radius 2 is 1.48 bits per heavy atom. The number of halogens is 3. The number of benzene rings is 2. The van der Waals surface area contributed by atoms with Crippen molar-refractivity contribution in [2.24, 2.45) is 0 Å². The molecule has 3 N–H and O–H groups in total. The largest absolute Gasteiger partial charge is 0.465 e. The van der Waals surface area contributed by atoms with E-state index in [0.717, 1.165) is 11.1 Å². The van der Waals surface area contributed by atoms with E-state index < -0.39 is 29.8 Å². The number of rotatable bonds is 7. The zero-order chi connectivity index (χ0) is 19.5. The van der Waals surface area contributed by atoms with Gasteiger partial charge in [-0.1, -0.05) is 60.7 Å². The Balaban J connectivity index is 1.90. The van der Waals surface area contributed by atoms with Crippen LogP contribution in [0.3, 0.4) is 0 Å². The standard InChI is InChI=1S/C20H21F3N2O2/c21-20(22,23)19(11-12-19)24-13-16(25-18(26)27)17(14-7-3-1-4-8-14)15-9-5-2-6-10-15/h1-10,16-17,24-25H,11-13H2,(H,26,27). The minimum atomic E-state index is -4.35. The number of amides is 1. The first-order chi connectivity index (χ1) is 12.8. The number of hydrogen-bond donors (Lipinski definition) is 3. The van der Waals surface area contributed by atoms with Crippen molar-refractivity contribution in [3.05, 3.63) is 71.8 Å². The second-order valence-corrected chi connectivity index (χ2v) is 6.82. The van der Waals surface area contributed by atoms with E-state index in [1.165, 1.54) is 0 Å². The zero-order valence-electron chi connectivity index (χ0n) is 14.5. The molecule has 0 radical (unpaired) electrons. The molecule has 1 atom stereocenters. The molecule has 0 spiro atoms. The maximum Gasteiger partial charge on any atom is 0.406 e. The maximum atomic E-state index is 13.3. The second kappa shape index (κ2) is 7.60. The van der Waals surface area contributed by atoms with Crippen LogP contribution in [0.15, 0.2) is 60.7 Å². The Bertz CT molecular complexity index is 722. The molecule has 2 aromatic rings. The summed E-state index contributed by atoms with van der Waals surface area (Å²) in [5.41, 5.74) is -0.231. The fraction of sp³-hybridized carbons (Fsp3) is 0.350. The summed E-state index contributed by atoms with van der Waals surface area (Å²) in [6.07, 6.45) is -5.60. The fourth-order valence-electron chi connectivity index (χ4n) is 3.38. The van der Waals surface area contributed by atoms with E-state index in [1.807, 2.05) is 60.7 Å². The molecule has 1 saturated carbocycles. The highest BCUT2D eigenvalue weighted by molar-refractivity contribution is 5.65. The molecule has 1 aliphatic carbocycles. The van der Waals surface area contributed by atoms with Crippen LogP contribution in [0.25, 0.3) is 0 Å². The van der Waals surface area contributed by atoms with Crippen molar-refractivity contribution in [2.45, 2.75) is 36.5 Å². The molecule has 7 heteroatoms. The van der Waals surface area contributed by atoms with Crippen molar-refractivity contribution in [3.63, 3.8) is 0 Å². The van der Waals surface area contributed by atoms with Crippen LogP contribution in [0.1, 0.15) is 29.9 Å². The van der Waals surface area contributed by atoms with Crippen LogP contribution >= 0.6 is 0 Å². The minimum absolute atomic E-state index is 0.0115. The van der Waals surface area contributed by atoms with E-state index in [4.69, 9.17) is 0 Å². The van der Waals surface area contributed by atoms with E-state index in [-0.39, 0.29) is 19.4 Å². The monoisotopic (exact) mass is 378 g/mol. The molecule has 3 rings (SSSR count). The molecule has 0 aliphatic heterocycles. The molecule has 1 fully saturated rings. The molecule has 0 heterocycles. The molecule has 4 nitrogen and oxygen atoms in total. The normalized spacial score (nSPS) is 16.7. The lowest BCUT2D eigenvalue weighted by atomic mass is 9.84. The third-order valence-electron chi connectivity index (χ3n) is 4.98. The van der Waals surface area contributed by atoms with Gasteiger partial charge in [0.1, 0.15) is 5.54 Å². The molecule has 0 saturated heterocycles. The smallest absolute Gasteiger partial charge is 0.406 e. The third-order valence-corrected chi connectivity index (χ3v) is 4.98. The van der Waals surface area contributed by atoms with Crippen LogP contribution in [-0.4, -0.2) is 35.5 Å². The molecular formula is C20H21F3N2O2. The van der Waals surface area contributed by atoms with Crippen LogP contribution < -0.4 is 10.6 Å². The fourth-order valence-corrected chi connectivity index (χ4v) is 3.38. The van der Waals surface area contributed by atoms with Gasteiger partial charge in [-0.3, -0.25) is 0 Å². The lowest BCUT2D eigenvalue weighted by Crippen LogP contribution is -2.52. The van der Waals surface area contributed by atoms with Crippen molar-refractivity contribution in [3.8, 4) is 0 Å². The molecule has 27 heavy (non-hydrogen) atoms. The van der Waals surface area contributed by atoms with E-state index in [9.17, 15) is 23.1 Å². The van der Waals surface area contributed by atoms with Crippen molar-refractivity contribution in [2.75, 3.05) is 6.54 Å².